The summed E-state index contributed by atoms with van der Waals surface area (Å²) in [6, 6.07) is 30.7. The summed E-state index contributed by atoms with van der Waals surface area (Å²) in [5.74, 6) is 2.63. The van der Waals surface area contributed by atoms with Gasteiger partial charge in [0.05, 0.1) is 13.2 Å². The van der Waals surface area contributed by atoms with Crippen molar-refractivity contribution in [3.63, 3.8) is 0 Å². The average Bonchev–Trinajstić information content (AvgIpc) is 3.48. The Morgan fingerprint density at radius 1 is 0.490 bits per heavy atom. The Kier molecular flexibility index (Phi) is 11.8. The van der Waals surface area contributed by atoms with Crippen molar-refractivity contribution in [3.8, 4) is 17.2 Å². The number of benzene rings is 4. The molecule has 1 atom stereocenters. The van der Waals surface area contributed by atoms with E-state index in [1.165, 1.54) is 71.9 Å². The van der Waals surface area contributed by atoms with Gasteiger partial charge in [-0.25, -0.2) is 0 Å². The summed E-state index contributed by atoms with van der Waals surface area (Å²) in [6.45, 7) is 16.0. The highest BCUT2D eigenvalue weighted by Crippen LogP contribution is 2.63. The third kappa shape index (κ3) is 8.66. The topological polar surface area (TPSA) is 36.9 Å². The number of unbranched alkanes of at least 4 members (excludes halogenated alkanes) is 6. The molecule has 0 amide bonds. The Bertz CT molecular complexity index is 1710. The minimum Gasteiger partial charge on any atom is -0.494 e. The van der Waals surface area contributed by atoms with E-state index in [2.05, 4.69) is 114 Å². The second-order valence-electron chi connectivity index (χ2n) is 16.4. The molecule has 51 heavy (non-hydrogen) atoms. The standard InChI is InChI=1S/C47H60O4/c1-7-9-11-13-27-48-38-20-15-35(16-21-38)29-37-19-25-41-43(30-37)47(33-45(41,3)4)34-46(5,6)42-26-24-40(31-44(42)47)51-50-32-36-17-22-39(23-18-36)49-28-14-12-10-8-2/h15-26,30-31H,7-14,27-29,32-34H2,1-6H3. The van der Waals surface area contributed by atoms with E-state index in [0.29, 0.717) is 6.61 Å². The first kappa shape index (κ1) is 37.0. The quantitative estimate of drug-likeness (QED) is 0.0592. The fourth-order valence-electron chi connectivity index (χ4n) is 8.76. The summed E-state index contributed by atoms with van der Waals surface area (Å²) in [6.07, 6.45) is 12.8. The van der Waals surface area contributed by atoms with Crippen LogP contribution >= 0.6 is 0 Å². The molecule has 0 saturated heterocycles. The van der Waals surface area contributed by atoms with E-state index in [4.69, 9.17) is 19.2 Å². The molecule has 4 aromatic rings. The van der Waals surface area contributed by atoms with Crippen LogP contribution in [0.4, 0.5) is 0 Å². The van der Waals surface area contributed by atoms with E-state index < -0.39 is 0 Å². The lowest BCUT2D eigenvalue weighted by molar-refractivity contribution is -0.217. The van der Waals surface area contributed by atoms with E-state index in [1.54, 1.807) is 0 Å². The maximum absolute atomic E-state index is 6.02. The van der Waals surface area contributed by atoms with Gasteiger partial charge in [0.2, 0.25) is 0 Å². The molecule has 2 aliphatic rings. The van der Waals surface area contributed by atoms with Crippen LogP contribution in [0.1, 0.15) is 145 Å². The summed E-state index contributed by atoms with van der Waals surface area (Å²) >= 11 is 0. The molecule has 0 bridgehead atoms. The van der Waals surface area contributed by atoms with Crippen LogP contribution < -0.4 is 14.4 Å². The zero-order chi connectivity index (χ0) is 35.9. The van der Waals surface area contributed by atoms with Gasteiger partial charge in [0.15, 0.2) is 5.75 Å². The van der Waals surface area contributed by atoms with Gasteiger partial charge in [-0.05, 0) is 118 Å². The summed E-state index contributed by atoms with van der Waals surface area (Å²) in [5.41, 5.74) is 9.52. The molecular formula is C47H60O4. The fraction of sp³-hybridized carbons (Fsp3) is 0.489. The highest BCUT2D eigenvalue weighted by Gasteiger charge is 2.56. The lowest BCUT2D eigenvalue weighted by atomic mass is 9.72. The minimum absolute atomic E-state index is 0.0502. The van der Waals surface area contributed by atoms with Gasteiger partial charge in [0.1, 0.15) is 18.1 Å². The van der Waals surface area contributed by atoms with Gasteiger partial charge in [-0.2, -0.15) is 4.89 Å². The smallest absolute Gasteiger partial charge is 0.165 e. The lowest BCUT2D eigenvalue weighted by Gasteiger charge is -2.30. The second kappa shape index (κ2) is 16.3. The Labute approximate surface area is 307 Å². The summed E-state index contributed by atoms with van der Waals surface area (Å²) in [7, 11) is 0. The second-order valence-corrected chi connectivity index (χ2v) is 16.4. The third-order valence-corrected chi connectivity index (χ3v) is 11.2. The van der Waals surface area contributed by atoms with Gasteiger partial charge in [0, 0.05) is 5.41 Å². The molecule has 0 N–H and O–H groups in total. The van der Waals surface area contributed by atoms with Gasteiger partial charge in [-0.1, -0.05) is 129 Å². The van der Waals surface area contributed by atoms with Crippen LogP contribution in [0.2, 0.25) is 0 Å². The van der Waals surface area contributed by atoms with Crippen molar-refractivity contribution >= 4 is 0 Å². The molecule has 0 aromatic heterocycles. The highest BCUT2D eigenvalue weighted by molar-refractivity contribution is 5.61. The Hall–Kier alpha value is -3.76. The average molecular weight is 689 g/mol. The van der Waals surface area contributed by atoms with Crippen LogP contribution in [0.25, 0.3) is 0 Å². The van der Waals surface area contributed by atoms with Gasteiger partial charge >= 0.3 is 0 Å². The van der Waals surface area contributed by atoms with E-state index >= 15 is 0 Å². The van der Waals surface area contributed by atoms with Gasteiger partial charge in [-0.3, -0.25) is 0 Å². The predicted octanol–water partition coefficient (Wildman–Crippen LogP) is 12.4. The summed E-state index contributed by atoms with van der Waals surface area (Å²) in [4.78, 5) is 11.8. The lowest BCUT2D eigenvalue weighted by Crippen LogP contribution is -2.27. The molecule has 272 valence electrons. The number of ether oxygens (including phenoxy) is 2. The number of hydrogen-bond acceptors (Lipinski definition) is 4. The monoisotopic (exact) mass is 688 g/mol. The molecule has 0 saturated carbocycles. The molecule has 0 radical (unpaired) electrons. The predicted molar refractivity (Wildman–Crippen MR) is 209 cm³/mol. The van der Waals surface area contributed by atoms with Crippen LogP contribution in [0.15, 0.2) is 84.9 Å². The van der Waals surface area contributed by atoms with Crippen LogP contribution in [-0.4, -0.2) is 13.2 Å². The van der Waals surface area contributed by atoms with Gasteiger partial charge < -0.3 is 14.4 Å². The van der Waals surface area contributed by atoms with Crippen LogP contribution in [0.5, 0.6) is 17.2 Å². The molecule has 0 heterocycles. The van der Waals surface area contributed by atoms with Crippen molar-refractivity contribution in [2.24, 2.45) is 0 Å². The van der Waals surface area contributed by atoms with Gasteiger partial charge in [0.25, 0.3) is 0 Å². The molecule has 2 aliphatic carbocycles. The van der Waals surface area contributed by atoms with E-state index in [9.17, 15) is 0 Å². The molecule has 4 nitrogen and oxygen atoms in total. The molecule has 4 aromatic carbocycles. The minimum atomic E-state index is -0.0745. The molecular weight excluding hydrogens is 629 g/mol. The number of hydrogen-bond donors (Lipinski definition) is 0. The normalized spacial score (nSPS) is 18.1. The highest BCUT2D eigenvalue weighted by atomic mass is 17.2. The van der Waals surface area contributed by atoms with Crippen LogP contribution in [0.3, 0.4) is 0 Å². The van der Waals surface area contributed by atoms with E-state index in [-0.39, 0.29) is 16.2 Å². The number of rotatable bonds is 18. The van der Waals surface area contributed by atoms with Crippen molar-refractivity contribution in [2.45, 2.75) is 135 Å². The van der Waals surface area contributed by atoms with Crippen LogP contribution in [-0.2, 0) is 34.2 Å². The molecule has 1 spiro atoms. The first-order chi connectivity index (χ1) is 24.6. The molecule has 0 fully saturated rings. The van der Waals surface area contributed by atoms with Crippen molar-refractivity contribution in [1.82, 2.24) is 0 Å². The van der Waals surface area contributed by atoms with Crippen molar-refractivity contribution < 1.29 is 19.2 Å². The van der Waals surface area contributed by atoms with Crippen molar-refractivity contribution in [2.75, 3.05) is 13.2 Å². The van der Waals surface area contributed by atoms with E-state index in [1.807, 2.05) is 12.1 Å². The number of fused-ring (bicyclic) bond motifs is 4. The van der Waals surface area contributed by atoms with Crippen molar-refractivity contribution in [3.05, 3.63) is 124 Å². The SMILES string of the molecule is CCCCCCOc1ccc(COOc2ccc3c(c2)C2(CC(C)(C)c4ccc(Cc5ccc(OCCCCCC)cc5)cc42)CC3(C)C)cc1. The molecule has 4 heteroatoms. The first-order valence-electron chi connectivity index (χ1n) is 19.7. The molecule has 0 aliphatic heterocycles. The van der Waals surface area contributed by atoms with Gasteiger partial charge in [-0.15, -0.1) is 0 Å². The fourth-order valence-corrected chi connectivity index (χ4v) is 8.76. The Morgan fingerprint density at radius 3 is 1.55 bits per heavy atom. The molecule has 6 rings (SSSR count). The third-order valence-electron chi connectivity index (χ3n) is 11.2. The van der Waals surface area contributed by atoms with Crippen LogP contribution in [0, 0.1) is 0 Å². The molecule has 1 unspecified atom stereocenters. The maximum atomic E-state index is 6.02. The zero-order valence-electron chi connectivity index (χ0n) is 32.1. The Morgan fingerprint density at radius 2 is 0.980 bits per heavy atom. The maximum Gasteiger partial charge on any atom is 0.165 e. The van der Waals surface area contributed by atoms with E-state index in [0.717, 1.165) is 68.1 Å². The largest absolute Gasteiger partial charge is 0.494 e. The summed E-state index contributed by atoms with van der Waals surface area (Å²) in [5, 5.41) is 0. The Balaban J connectivity index is 1.15. The summed E-state index contributed by atoms with van der Waals surface area (Å²) < 4.78 is 11.9. The first-order valence-corrected chi connectivity index (χ1v) is 19.7. The zero-order valence-corrected chi connectivity index (χ0v) is 32.1. The van der Waals surface area contributed by atoms with Crippen molar-refractivity contribution in [1.29, 1.82) is 0 Å².